The van der Waals surface area contributed by atoms with Gasteiger partial charge in [-0.2, -0.15) is 0 Å². The molecule has 31 heavy (non-hydrogen) atoms. The number of piperidine rings is 1. The van der Waals surface area contributed by atoms with Gasteiger partial charge in [-0.05, 0) is 52.3 Å². The number of nitrogens with zero attached hydrogens (tertiary/aromatic N) is 6. The summed E-state index contributed by atoms with van der Waals surface area (Å²) in [6.45, 7) is 6.70. The van der Waals surface area contributed by atoms with Crippen molar-refractivity contribution in [2.75, 3.05) is 18.9 Å². The highest BCUT2D eigenvalue weighted by atomic mass is 16.1. The minimum absolute atomic E-state index is 0.307. The van der Waals surface area contributed by atoms with Gasteiger partial charge in [-0.1, -0.05) is 0 Å². The molecule has 0 unspecified atom stereocenters. The second-order valence-electron chi connectivity index (χ2n) is 7.80. The van der Waals surface area contributed by atoms with Crippen LogP contribution in [0.4, 0.5) is 11.5 Å². The zero-order valence-corrected chi connectivity index (χ0v) is 18.5. The predicted molar refractivity (Wildman–Crippen MR) is 121 cm³/mol. The average molecular weight is 420 g/mol. The van der Waals surface area contributed by atoms with Gasteiger partial charge < -0.3 is 15.0 Å². The lowest BCUT2D eigenvalue weighted by molar-refractivity contribution is -0.106. The number of nitrogens with one attached hydrogen (secondary N) is 1. The van der Waals surface area contributed by atoms with Gasteiger partial charge in [0.05, 0.1) is 17.6 Å². The van der Waals surface area contributed by atoms with Gasteiger partial charge in [0.2, 0.25) is 0 Å². The van der Waals surface area contributed by atoms with Crippen molar-refractivity contribution in [1.82, 2.24) is 29.8 Å². The molecule has 0 saturated carbocycles. The van der Waals surface area contributed by atoms with Crippen LogP contribution in [0, 0.1) is 6.92 Å². The Morgan fingerprint density at radius 1 is 1.06 bits per heavy atom. The van der Waals surface area contributed by atoms with Crippen LogP contribution in [0.2, 0.25) is 0 Å². The zero-order valence-electron chi connectivity index (χ0n) is 18.5. The van der Waals surface area contributed by atoms with E-state index < -0.39 is 0 Å². The minimum Gasteiger partial charge on any atom is -0.339 e. The van der Waals surface area contributed by atoms with E-state index in [1.54, 1.807) is 18.6 Å². The molecule has 0 spiro atoms. The summed E-state index contributed by atoms with van der Waals surface area (Å²) in [4.78, 5) is 33.4. The van der Waals surface area contributed by atoms with Gasteiger partial charge >= 0.3 is 0 Å². The Labute approximate surface area is 183 Å². The number of carbonyl (C=O) groups excluding carboxylic acids is 1. The number of hydrogen-bond donors (Lipinski definition) is 1. The third-order valence-electron chi connectivity index (χ3n) is 5.31. The summed E-state index contributed by atoms with van der Waals surface area (Å²) in [6, 6.07) is 4.59. The standard InChI is InChI=1S/C21H25N7.C2H4O/c1-14-6-18(11-22-8-14)25-20-7-19(17-9-23-13-24-10-17)26-21(27-20)16-5-4-15(2)28(3)12-16;1-2-3/h6-11,13,15-16H,4-5,12H2,1-3H3,(H,25,26,27);2H,1H3/t15-,16+;/m0./s1. The molecular formula is C23H29N7O. The largest absolute Gasteiger partial charge is 0.339 e. The van der Waals surface area contributed by atoms with Crippen molar-refractivity contribution in [3.63, 3.8) is 0 Å². The number of aldehydes is 1. The molecule has 0 aliphatic carbocycles. The predicted octanol–water partition coefficient (Wildman–Crippen LogP) is 3.78. The van der Waals surface area contributed by atoms with Crippen molar-refractivity contribution in [2.45, 2.75) is 45.6 Å². The summed E-state index contributed by atoms with van der Waals surface area (Å²) in [5.74, 6) is 1.93. The lowest BCUT2D eigenvalue weighted by Gasteiger charge is -2.34. The molecule has 2 atom stereocenters. The average Bonchev–Trinajstić information content (AvgIpc) is 2.77. The fourth-order valence-electron chi connectivity index (χ4n) is 3.56. The quantitative estimate of drug-likeness (QED) is 0.638. The molecule has 1 aliphatic heterocycles. The molecule has 0 radical (unpaired) electrons. The molecule has 0 aromatic carbocycles. The van der Waals surface area contributed by atoms with E-state index in [0.29, 0.717) is 12.0 Å². The maximum atomic E-state index is 8.81. The molecule has 8 nitrogen and oxygen atoms in total. The molecule has 1 aliphatic rings. The fourth-order valence-corrected chi connectivity index (χ4v) is 3.56. The Morgan fingerprint density at radius 3 is 2.48 bits per heavy atom. The number of aryl methyl sites for hydroxylation is 1. The van der Waals surface area contributed by atoms with Crippen LogP contribution in [0.3, 0.4) is 0 Å². The molecule has 1 fully saturated rings. The lowest BCUT2D eigenvalue weighted by atomic mass is 9.93. The zero-order chi connectivity index (χ0) is 22.2. The summed E-state index contributed by atoms with van der Waals surface area (Å²) in [5.41, 5.74) is 3.72. The van der Waals surface area contributed by atoms with Crippen LogP contribution >= 0.6 is 0 Å². The van der Waals surface area contributed by atoms with E-state index in [0.717, 1.165) is 59.8 Å². The third kappa shape index (κ3) is 6.11. The maximum Gasteiger partial charge on any atom is 0.135 e. The first-order chi connectivity index (χ1) is 15.0. The fraction of sp³-hybridized carbons (Fsp3) is 0.391. The molecule has 1 N–H and O–H groups in total. The van der Waals surface area contributed by atoms with E-state index >= 15 is 0 Å². The van der Waals surface area contributed by atoms with Crippen LogP contribution in [-0.2, 0) is 4.79 Å². The molecular weight excluding hydrogens is 390 g/mol. The molecule has 0 amide bonds. The van der Waals surface area contributed by atoms with Gasteiger partial charge in [-0.15, -0.1) is 0 Å². The van der Waals surface area contributed by atoms with Crippen molar-refractivity contribution in [3.8, 4) is 11.3 Å². The molecule has 1 saturated heterocycles. The highest BCUT2D eigenvalue weighted by molar-refractivity contribution is 5.64. The SMILES string of the molecule is CC=O.Cc1cncc(Nc2cc(-c3cncnc3)nc([C@@H]3CC[C@H](C)N(C)C3)n2)c1. The van der Waals surface area contributed by atoms with Crippen LogP contribution in [0.15, 0.2) is 43.2 Å². The minimum atomic E-state index is 0.307. The maximum absolute atomic E-state index is 8.81. The summed E-state index contributed by atoms with van der Waals surface area (Å²) in [5, 5.41) is 3.39. The van der Waals surface area contributed by atoms with Gasteiger partial charge in [0.25, 0.3) is 0 Å². The first kappa shape index (κ1) is 22.4. The third-order valence-corrected chi connectivity index (χ3v) is 5.31. The van der Waals surface area contributed by atoms with E-state index in [2.05, 4.69) is 45.2 Å². The number of carbonyl (C=O) groups is 1. The second kappa shape index (κ2) is 10.7. The summed E-state index contributed by atoms with van der Waals surface area (Å²) in [7, 11) is 2.17. The van der Waals surface area contributed by atoms with Crippen LogP contribution < -0.4 is 5.32 Å². The van der Waals surface area contributed by atoms with Gasteiger partial charge in [0, 0.05) is 48.7 Å². The van der Waals surface area contributed by atoms with Crippen molar-refractivity contribution < 1.29 is 4.79 Å². The summed E-state index contributed by atoms with van der Waals surface area (Å²) < 4.78 is 0. The normalized spacial score (nSPS) is 18.6. The topological polar surface area (TPSA) is 96.8 Å². The van der Waals surface area contributed by atoms with E-state index in [1.165, 1.54) is 13.3 Å². The van der Waals surface area contributed by atoms with Crippen LogP contribution in [-0.4, -0.2) is 55.7 Å². The first-order valence-electron chi connectivity index (χ1n) is 10.4. The molecule has 3 aromatic rings. The molecule has 3 aromatic heterocycles. The van der Waals surface area contributed by atoms with E-state index in [4.69, 9.17) is 14.8 Å². The molecule has 4 heterocycles. The highest BCUT2D eigenvalue weighted by Crippen LogP contribution is 2.30. The monoisotopic (exact) mass is 419 g/mol. The Hall–Kier alpha value is -3.26. The number of anilines is 2. The summed E-state index contributed by atoms with van der Waals surface area (Å²) in [6.07, 6.45) is 11.7. The van der Waals surface area contributed by atoms with E-state index in [-0.39, 0.29) is 0 Å². The number of likely N-dealkylation sites (tertiary alicyclic amines) is 1. The van der Waals surface area contributed by atoms with Crippen molar-refractivity contribution in [3.05, 3.63) is 54.6 Å². The molecule has 8 heteroatoms. The van der Waals surface area contributed by atoms with Crippen LogP contribution in [0.25, 0.3) is 11.3 Å². The van der Waals surface area contributed by atoms with Crippen molar-refractivity contribution >= 4 is 17.8 Å². The Bertz CT molecular complexity index is 996. The van der Waals surface area contributed by atoms with Crippen molar-refractivity contribution in [2.24, 2.45) is 0 Å². The number of aromatic nitrogens is 5. The Morgan fingerprint density at radius 2 is 1.81 bits per heavy atom. The number of pyridine rings is 1. The first-order valence-corrected chi connectivity index (χ1v) is 10.4. The van der Waals surface area contributed by atoms with E-state index in [9.17, 15) is 0 Å². The molecule has 0 bridgehead atoms. The number of rotatable bonds is 4. The Balaban J connectivity index is 0.000000858. The molecule has 4 rings (SSSR count). The smallest absolute Gasteiger partial charge is 0.135 e. The van der Waals surface area contributed by atoms with Gasteiger partial charge in [-0.3, -0.25) is 4.98 Å². The second-order valence-corrected chi connectivity index (χ2v) is 7.80. The van der Waals surface area contributed by atoms with Gasteiger partial charge in [-0.25, -0.2) is 19.9 Å². The molecule has 162 valence electrons. The van der Waals surface area contributed by atoms with E-state index in [1.807, 2.05) is 19.2 Å². The van der Waals surface area contributed by atoms with Crippen LogP contribution in [0.5, 0.6) is 0 Å². The van der Waals surface area contributed by atoms with Crippen molar-refractivity contribution in [1.29, 1.82) is 0 Å². The highest BCUT2D eigenvalue weighted by Gasteiger charge is 2.26. The number of hydrogen-bond acceptors (Lipinski definition) is 8. The van der Waals surface area contributed by atoms with Crippen LogP contribution in [0.1, 0.15) is 44.0 Å². The number of likely N-dealkylation sites (N-methyl/N-ethyl adjacent to an activating group) is 1. The Kier molecular flexibility index (Phi) is 7.72. The van der Waals surface area contributed by atoms with Gasteiger partial charge in [0.15, 0.2) is 0 Å². The van der Waals surface area contributed by atoms with Gasteiger partial charge in [0.1, 0.15) is 24.3 Å². The summed E-state index contributed by atoms with van der Waals surface area (Å²) >= 11 is 0. The lowest BCUT2D eigenvalue weighted by Crippen LogP contribution is -2.38.